The maximum atomic E-state index is 12.3. The molecule has 0 saturated carbocycles. The molecule has 5 heteroatoms. The first-order chi connectivity index (χ1) is 11.1. The molecule has 1 aromatic rings. The molecule has 5 nitrogen and oxygen atoms in total. The van der Waals surface area contributed by atoms with Crippen LogP contribution >= 0.6 is 0 Å². The van der Waals surface area contributed by atoms with E-state index in [1.54, 1.807) is 24.3 Å². The second-order valence-corrected chi connectivity index (χ2v) is 5.52. The molecule has 23 heavy (non-hydrogen) atoms. The summed E-state index contributed by atoms with van der Waals surface area (Å²) in [5, 5.41) is 9.67. The number of hydrogen-bond acceptors (Lipinski definition) is 5. The van der Waals surface area contributed by atoms with Gasteiger partial charge in [-0.3, -0.25) is 9.59 Å². The van der Waals surface area contributed by atoms with E-state index in [9.17, 15) is 14.7 Å². The number of ketones is 2. The number of phenolic OH excluding ortho intramolecular Hbond substituents is 1. The van der Waals surface area contributed by atoms with Crippen molar-refractivity contribution < 1.29 is 24.2 Å². The Balaban J connectivity index is 1.62. The van der Waals surface area contributed by atoms with Gasteiger partial charge in [-0.25, -0.2) is 0 Å². The molecule has 2 aliphatic rings. The fourth-order valence-corrected chi connectivity index (χ4v) is 2.72. The molecule has 0 fully saturated rings. The fourth-order valence-electron chi connectivity index (χ4n) is 2.72. The van der Waals surface area contributed by atoms with Crippen LogP contribution in [0, 0.1) is 0 Å². The average molecular weight is 314 g/mol. The summed E-state index contributed by atoms with van der Waals surface area (Å²) in [6.45, 7) is 1.04. The second-order valence-electron chi connectivity index (χ2n) is 5.52. The van der Waals surface area contributed by atoms with Crippen LogP contribution in [0.1, 0.15) is 36.0 Å². The smallest absolute Gasteiger partial charge is 0.167 e. The Morgan fingerprint density at radius 1 is 1.00 bits per heavy atom. The van der Waals surface area contributed by atoms with E-state index in [1.807, 2.05) is 0 Å². The van der Waals surface area contributed by atoms with Crippen LogP contribution < -0.4 is 0 Å². The average Bonchev–Trinajstić information content (AvgIpc) is 2.59. The van der Waals surface area contributed by atoms with Crippen LogP contribution in [-0.2, 0) is 14.3 Å². The van der Waals surface area contributed by atoms with Crippen LogP contribution in [-0.4, -0.2) is 29.9 Å². The molecule has 1 heterocycles. The standard InChI is InChI=1S/C18H18O5/c19-14(6-7-16(21)13-3-1-2-4-15(13)20)12-5-8-17-18(11-12)23-10-9-22-17/h1-4,11,20H,5-10H2. The van der Waals surface area contributed by atoms with Crippen LogP contribution in [0.2, 0.25) is 0 Å². The molecule has 1 aromatic carbocycles. The monoisotopic (exact) mass is 314 g/mol. The molecule has 3 rings (SSSR count). The van der Waals surface area contributed by atoms with E-state index >= 15 is 0 Å². The van der Waals surface area contributed by atoms with E-state index in [-0.39, 0.29) is 35.7 Å². The molecule has 1 N–H and O–H groups in total. The molecule has 0 radical (unpaired) electrons. The zero-order valence-electron chi connectivity index (χ0n) is 12.7. The molecule has 0 aromatic heterocycles. The number of hydrogen-bond donors (Lipinski definition) is 1. The summed E-state index contributed by atoms with van der Waals surface area (Å²) in [6, 6.07) is 6.37. The first-order valence-corrected chi connectivity index (χ1v) is 7.69. The van der Waals surface area contributed by atoms with Gasteiger partial charge >= 0.3 is 0 Å². The van der Waals surface area contributed by atoms with Crippen LogP contribution in [0.25, 0.3) is 0 Å². The topological polar surface area (TPSA) is 72.8 Å². The quantitative estimate of drug-likeness (QED) is 0.846. The lowest BCUT2D eigenvalue weighted by atomic mass is 9.94. The first-order valence-electron chi connectivity index (χ1n) is 7.69. The summed E-state index contributed by atoms with van der Waals surface area (Å²) < 4.78 is 11.0. The molecule has 0 saturated heterocycles. The SMILES string of the molecule is O=C(CCC(=O)c1ccccc1O)C1=CC2=C(CC1)OCCO2. The lowest BCUT2D eigenvalue weighted by molar-refractivity contribution is -0.115. The Morgan fingerprint density at radius 3 is 2.57 bits per heavy atom. The number of rotatable bonds is 5. The maximum absolute atomic E-state index is 12.3. The summed E-state index contributed by atoms with van der Waals surface area (Å²) in [7, 11) is 0. The lowest BCUT2D eigenvalue weighted by Crippen LogP contribution is -2.18. The number of para-hydroxylation sites is 1. The minimum atomic E-state index is -0.231. The van der Waals surface area contributed by atoms with Crippen LogP contribution in [0.15, 0.2) is 47.4 Å². The Kier molecular flexibility index (Phi) is 4.46. The Morgan fingerprint density at radius 2 is 1.74 bits per heavy atom. The largest absolute Gasteiger partial charge is 0.507 e. The van der Waals surface area contributed by atoms with E-state index in [1.165, 1.54) is 6.07 Å². The number of Topliss-reactive ketones (excluding diaryl/α,β-unsaturated/α-hetero) is 2. The predicted octanol–water partition coefficient (Wildman–Crippen LogP) is 2.90. The first kappa shape index (κ1) is 15.3. The van der Waals surface area contributed by atoms with E-state index in [4.69, 9.17) is 9.47 Å². The number of allylic oxidation sites excluding steroid dienone is 3. The molecule has 0 atom stereocenters. The maximum Gasteiger partial charge on any atom is 0.167 e. The predicted molar refractivity (Wildman–Crippen MR) is 82.9 cm³/mol. The molecule has 120 valence electrons. The van der Waals surface area contributed by atoms with Crippen LogP contribution in [0.3, 0.4) is 0 Å². The highest BCUT2D eigenvalue weighted by Gasteiger charge is 2.23. The minimum Gasteiger partial charge on any atom is -0.507 e. The van der Waals surface area contributed by atoms with Gasteiger partial charge in [0, 0.05) is 19.3 Å². The number of phenols is 1. The van der Waals surface area contributed by atoms with Gasteiger partial charge in [-0.1, -0.05) is 12.1 Å². The van der Waals surface area contributed by atoms with E-state index in [2.05, 4.69) is 0 Å². The van der Waals surface area contributed by atoms with E-state index in [0.717, 1.165) is 5.76 Å². The number of benzene rings is 1. The van der Waals surface area contributed by atoms with Gasteiger partial charge in [-0.05, 0) is 30.2 Å². The van der Waals surface area contributed by atoms with Crippen molar-refractivity contribution in [1.29, 1.82) is 0 Å². The Hall–Kier alpha value is -2.56. The third kappa shape index (κ3) is 3.44. The Bertz CT molecular complexity index is 699. The summed E-state index contributed by atoms with van der Waals surface area (Å²) in [4.78, 5) is 24.4. The molecule has 1 aliphatic carbocycles. The van der Waals surface area contributed by atoms with Gasteiger partial charge in [0.1, 0.15) is 24.7 Å². The fraction of sp³-hybridized carbons (Fsp3) is 0.333. The van der Waals surface area contributed by atoms with Gasteiger partial charge < -0.3 is 14.6 Å². The highest BCUT2D eigenvalue weighted by atomic mass is 16.6. The van der Waals surface area contributed by atoms with Gasteiger partial charge in [0.2, 0.25) is 0 Å². The third-order valence-electron chi connectivity index (χ3n) is 3.96. The van der Waals surface area contributed by atoms with Crippen molar-refractivity contribution in [2.75, 3.05) is 13.2 Å². The molecule has 0 amide bonds. The number of carbonyl (C=O) groups is 2. The van der Waals surface area contributed by atoms with Crippen molar-refractivity contribution in [1.82, 2.24) is 0 Å². The third-order valence-corrected chi connectivity index (χ3v) is 3.96. The van der Waals surface area contributed by atoms with Crippen molar-refractivity contribution in [2.45, 2.75) is 25.7 Å². The Labute approximate surface area is 134 Å². The molecular weight excluding hydrogens is 296 g/mol. The second kappa shape index (κ2) is 6.69. The lowest BCUT2D eigenvalue weighted by Gasteiger charge is -2.24. The van der Waals surface area contributed by atoms with Gasteiger partial charge in [0.25, 0.3) is 0 Å². The highest BCUT2D eigenvalue weighted by Crippen LogP contribution is 2.29. The van der Waals surface area contributed by atoms with Crippen molar-refractivity contribution >= 4 is 11.6 Å². The molecule has 0 spiro atoms. The van der Waals surface area contributed by atoms with Gasteiger partial charge in [-0.15, -0.1) is 0 Å². The van der Waals surface area contributed by atoms with Gasteiger partial charge in [-0.2, -0.15) is 0 Å². The zero-order valence-corrected chi connectivity index (χ0v) is 12.7. The van der Waals surface area contributed by atoms with Crippen molar-refractivity contribution in [3.63, 3.8) is 0 Å². The van der Waals surface area contributed by atoms with Crippen molar-refractivity contribution in [3.05, 3.63) is 53.0 Å². The number of aromatic hydroxyl groups is 1. The van der Waals surface area contributed by atoms with Gasteiger partial charge in [0.15, 0.2) is 17.3 Å². The minimum absolute atomic E-state index is 0.0515. The highest BCUT2D eigenvalue weighted by molar-refractivity contribution is 6.03. The van der Waals surface area contributed by atoms with Crippen LogP contribution in [0.5, 0.6) is 5.75 Å². The summed E-state index contributed by atoms with van der Waals surface area (Å²) in [5.74, 6) is 1.10. The zero-order chi connectivity index (χ0) is 16.2. The van der Waals surface area contributed by atoms with Crippen LogP contribution in [0.4, 0.5) is 0 Å². The summed E-state index contributed by atoms with van der Waals surface area (Å²) in [6.07, 6.45) is 3.19. The van der Waals surface area contributed by atoms with Crippen molar-refractivity contribution in [3.8, 4) is 5.75 Å². The van der Waals surface area contributed by atoms with E-state index < -0.39 is 0 Å². The van der Waals surface area contributed by atoms with Gasteiger partial charge in [0.05, 0.1) is 5.56 Å². The number of carbonyl (C=O) groups excluding carboxylic acids is 2. The molecular formula is C18H18O5. The van der Waals surface area contributed by atoms with Crippen molar-refractivity contribution in [2.24, 2.45) is 0 Å². The number of ether oxygens (including phenoxy) is 2. The summed E-state index contributed by atoms with van der Waals surface area (Å²) >= 11 is 0. The summed E-state index contributed by atoms with van der Waals surface area (Å²) in [5.41, 5.74) is 0.922. The molecule has 0 bridgehead atoms. The van der Waals surface area contributed by atoms with E-state index in [0.29, 0.717) is 37.4 Å². The molecule has 0 unspecified atom stereocenters. The normalized spacial score (nSPS) is 16.8. The molecule has 1 aliphatic heterocycles.